The number of aliphatic carboxylic acids is 1. The first kappa shape index (κ1) is 11.9. The molecule has 0 radical (unpaired) electrons. The van der Waals surface area contributed by atoms with Gasteiger partial charge in [0.2, 0.25) is 6.41 Å². The van der Waals surface area contributed by atoms with Gasteiger partial charge in [-0.25, -0.2) is 0 Å². The molecule has 0 rings (SSSR count). The highest BCUT2D eigenvalue weighted by Crippen LogP contribution is 2.14. The standard InChI is InChI=1S/C9H17NO3/c1-7(2)3-8(4-9(12)13)5-10-6-11/h6-8H,3-5H2,1-2H3,(H,10,11)(H,12,13). The van der Waals surface area contributed by atoms with Crippen molar-refractivity contribution in [1.29, 1.82) is 0 Å². The molecule has 0 aliphatic heterocycles. The minimum Gasteiger partial charge on any atom is -0.481 e. The second kappa shape index (κ2) is 6.46. The van der Waals surface area contributed by atoms with Crippen molar-refractivity contribution < 1.29 is 14.7 Å². The van der Waals surface area contributed by atoms with Crippen molar-refractivity contribution in [2.24, 2.45) is 11.8 Å². The predicted octanol–water partition coefficient (Wildman–Crippen LogP) is 0.869. The Bertz CT molecular complexity index is 168. The number of carbonyl (C=O) groups excluding carboxylic acids is 1. The lowest BCUT2D eigenvalue weighted by Gasteiger charge is -2.15. The third-order valence-corrected chi connectivity index (χ3v) is 1.76. The van der Waals surface area contributed by atoms with Crippen molar-refractivity contribution >= 4 is 12.4 Å². The molecule has 1 unspecified atom stereocenters. The molecule has 0 saturated heterocycles. The van der Waals surface area contributed by atoms with Crippen LogP contribution in [0.2, 0.25) is 0 Å². The summed E-state index contributed by atoms with van der Waals surface area (Å²) < 4.78 is 0. The molecule has 0 aliphatic carbocycles. The van der Waals surface area contributed by atoms with Crippen molar-refractivity contribution in [3.05, 3.63) is 0 Å². The van der Waals surface area contributed by atoms with Crippen LogP contribution >= 0.6 is 0 Å². The smallest absolute Gasteiger partial charge is 0.303 e. The highest BCUT2D eigenvalue weighted by atomic mass is 16.4. The Kier molecular flexibility index (Phi) is 5.93. The minimum absolute atomic E-state index is 0.0442. The van der Waals surface area contributed by atoms with Crippen molar-refractivity contribution in [3.63, 3.8) is 0 Å². The van der Waals surface area contributed by atoms with Crippen LogP contribution in [0.3, 0.4) is 0 Å². The summed E-state index contributed by atoms with van der Waals surface area (Å²) in [7, 11) is 0. The quantitative estimate of drug-likeness (QED) is 0.581. The Balaban J connectivity index is 3.86. The number of carboxylic acids is 1. The number of amides is 1. The van der Waals surface area contributed by atoms with E-state index in [2.05, 4.69) is 5.32 Å². The summed E-state index contributed by atoms with van der Waals surface area (Å²) in [6.07, 6.45) is 1.56. The van der Waals surface area contributed by atoms with E-state index in [0.29, 0.717) is 18.9 Å². The highest BCUT2D eigenvalue weighted by molar-refractivity contribution is 5.67. The van der Waals surface area contributed by atoms with Crippen LogP contribution < -0.4 is 5.32 Å². The van der Waals surface area contributed by atoms with Crippen molar-refractivity contribution in [2.75, 3.05) is 6.54 Å². The maximum Gasteiger partial charge on any atom is 0.303 e. The van der Waals surface area contributed by atoms with E-state index in [4.69, 9.17) is 5.11 Å². The van der Waals surface area contributed by atoms with Gasteiger partial charge in [0, 0.05) is 13.0 Å². The number of hydrogen-bond donors (Lipinski definition) is 2. The molecule has 0 heterocycles. The summed E-state index contributed by atoms with van der Waals surface area (Å²) in [5.74, 6) is -0.307. The fourth-order valence-corrected chi connectivity index (χ4v) is 1.37. The maximum absolute atomic E-state index is 10.4. The minimum atomic E-state index is -0.807. The first-order valence-electron chi connectivity index (χ1n) is 4.45. The third kappa shape index (κ3) is 7.31. The molecule has 0 bridgehead atoms. The predicted molar refractivity (Wildman–Crippen MR) is 49.3 cm³/mol. The van der Waals surface area contributed by atoms with E-state index in [9.17, 15) is 9.59 Å². The second-order valence-corrected chi connectivity index (χ2v) is 3.62. The lowest BCUT2D eigenvalue weighted by molar-refractivity contribution is -0.138. The average molecular weight is 187 g/mol. The molecule has 2 N–H and O–H groups in total. The van der Waals surface area contributed by atoms with Gasteiger partial charge >= 0.3 is 5.97 Å². The summed E-state index contributed by atoms with van der Waals surface area (Å²) >= 11 is 0. The lowest BCUT2D eigenvalue weighted by atomic mass is 9.94. The van der Waals surface area contributed by atoms with Crippen LogP contribution in [0.15, 0.2) is 0 Å². The fraction of sp³-hybridized carbons (Fsp3) is 0.778. The van der Waals surface area contributed by atoms with Crippen molar-refractivity contribution in [2.45, 2.75) is 26.7 Å². The fourth-order valence-electron chi connectivity index (χ4n) is 1.37. The molecule has 1 amide bonds. The molecular weight excluding hydrogens is 170 g/mol. The van der Waals surface area contributed by atoms with Gasteiger partial charge in [-0.2, -0.15) is 0 Å². The van der Waals surface area contributed by atoms with Gasteiger partial charge in [0.15, 0.2) is 0 Å². The first-order valence-corrected chi connectivity index (χ1v) is 4.45. The molecule has 0 aliphatic rings. The molecular formula is C9H17NO3. The summed E-state index contributed by atoms with van der Waals surface area (Å²) in [4.78, 5) is 20.5. The van der Waals surface area contributed by atoms with Gasteiger partial charge in [0.05, 0.1) is 0 Å². The molecule has 0 spiro atoms. The van der Waals surface area contributed by atoms with Gasteiger partial charge in [-0.3, -0.25) is 9.59 Å². The Morgan fingerprint density at radius 1 is 1.54 bits per heavy atom. The Hall–Kier alpha value is -1.06. The largest absolute Gasteiger partial charge is 0.481 e. The van der Waals surface area contributed by atoms with E-state index in [1.54, 1.807) is 0 Å². The zero-order valence-electron chi connectivity index (χ0n) is 8.12. The van der Waals surface area contributed by atoms with E-state index in [1.807, 2.05) is 13.8 Å². The van der Waals surface area contributed by atoms with E-state index in [-0.39, 0.29) is 12.3 Å². The molecule has 4 nitrogen and oxygen atoms in total. The molecule has 13 heavy (non-hydrogen) atoms. The molecule has 0 aromatic carbocycles. The molecule has 1 atom stereocenters. The molecule has 0 saturated carbocycles. The zero-order valence-corrected chi connectivity index (χ0v) is 8.12. The van der Waals surface area contributed by atoms with Crippen LogP contribution in [0.5, 0.6) is 0 Å². The van der Waals surface area contributed by atoms with Crippen LogP contribution in [0.25, 0.3) is 0 Å². The van der Waals surface area contributed by atoms with Gasteiger partial charge in [-0.15, -0.1) is 0 Å². The van der Waals surface area contributed by atoms with E-state index < -0.39 is 5.97 Å². The number of nitrogens with one attached hydrogen (secondary N) is 1. The summed E-state index contributed by atoms with van der Waals surface area (Å²) in [5.41, 5.74) is 0. The Labute approximate surface area is 78.3 Å². The topological polar surface area (TPSA) is 66.4 Å². The monoisotopic (exact) mass is 187 g/mol. The maximum atomic E-state index is 10.4. The number of carboxylic acid groups (broad SMARTS) is 1. The number of rotatable bonds is 7. The summed E-state index contributed by atoms with van der Waals surface area (Å²) in [6, 6.07) is 0. The molecule has 4 heteroatoms. The normalized spacial score (nSPS) is 12.5. The second-order valence-electron chi connectivity index (χ2n) is 3.62. The van der Waals surface area contributed by atoms with E-state index >= 15 is 0 Å². The summed E-state index contributed by atoms with van der Waals surface area (Å²) in [6.45, 7) is 4.53. The van der Waals surface area contributed by atoms with Gasteiger partial charge in [-0.05, 0) is 18.3 Å². The summed E-state index contributed by atoms with van der Waals surface area (Å²) in [5, 5.41) is 11.1. The molecule has 76 valence electrons. The molecule has 0 aromatic heterocycles. The third-order valence-electron chi connectivity index (χ3n) is 1.76. The number of hydrogen-bond acceptors (Lipinski definition) is 2. The Morgan fingerprint density at radius 3 is 2.54 bits per heavy atom. The molecule has 0 aromatic rings. The van der Waals surface area contributed by atoms with Crippen LogP contribution in [0.1, 0.15) is 26.7 Å². The number of carbonyl (C=O) groups is 2. The van der Waals surface area contributed by atoms with Gasteiger partial charge in [0.1, 0.15) is 0 Å². The average Bonchev–Trinajstić information content (AvgIpc) is 1.98. The Morgan fingerprint density at radius 2 is 2.15 bits per heavy atom. The zero-order chi connectivity index (χ0) is 10.3. The van der Waals surface area contributed by atoms with Crippen LogP contribution in [-0.2, 0) is 9.59 Å². The molecule has 0 fully saturated rings. The van der Waals surface area contributed by atoms with E-state index in [1.165, 1.54) is 0 Å². The van der Waals surface area contributed by atoms with Crippen molar-refractivity contribution in [1.82, 2.24) is 5.32 Å². The van der Waals surface area contributed by atoms with Crippen LogP contribution in [0, 0.1) is 11.8 Å². The van der Waals surface area contributed by atoms with E-state index in [0.717, 1.165) is 6.42 Å². The van der Waals surface area contributed by atoms with Gasteiger partial charge in [0.25, 0.3) is 0 Å². The highest BCUT2D eigenvalue weighted by Gasteiger charge is 2.14. The first-order chi connectivity index (χ1) is 6.06. The van der Waals surface area contributed by atoms with Crippen LogP contribution in [0.4, 0.5) is 0 Å². The lowest BCUT2D eigenvalue weighted by Crippen LogP contribution is -2.24. The van der Waals surface area contributed by atoms with Crippen molar-refractivity contribution in [3.8, 4) is 0 Å². The van der Waals surface area contributed by atoms with Gasteiger partial charge in [-0.1, -0.05) is 13.8 Å². The van der Waals surface area contributed by atoms with Crippen LogP contribution in [-0.4, -0.2) is 24.0 Å². The van der Waals surface area contributed by atoms with Gasteiger partial charge < -0.3 is 10.4 Å². The SMILES string of the molecule is CC(C)CC(CNC=O)CC(=O)O.